The molecule has 1 N–H and O–H groups in total. The van der Waals surface area contributed by atoms with Crippen molar-refractivity contribution in [3.63, 3.8) is 0 Å². The normalized spacial score (nSPS) is 12.3. The number of thioether (sulfide) groups is 1. The quantitative estimate of drug-likeness (QED) is 0.669. The van der Waals surface area contributed by atoms with Crippen LogP contribution in [0.15, 0.2) is 17.0 Å². The molecule has 0 aromatic heterocycles. The number of hydrogen-bond acceptors (Lipinski definition) is 4. The predicted molar refractivity (Wildman–Crippen MR) is 88.2 cm³/mol. The number of benzene rings is 1. The van der Waals surface area contributed by atoms with Crippen LogP contribution in [-0.4, -0.2) is 23.9 Å². The van der Waals surface area contributed by atoms with E-state index in [4.69, 9.17) is 0 Å². The Hall–Kier alpha value is -1.16. The minimum atomic E-state index is -0.248. The molecule has 0 amide bonds. The van der Waals surface area contributed by atoms with Crippen LogP contribution in [0.1, 0.15) is 52.7 Å². The summed E-state index contributed by atoms with van der Waals surface area (Å²) in [6, 6.07) is 3.94. The van der Waals surface area contributed by atoms with Crippen LogP contribution in [0.4, 0.5) is 0 Å². The highest BCUT2D eigenvalue weighted by Crippen LogP contribution is 2.41. The van der Waals surface area contributed by atoms with E-state index < -0.39 is 0 Å². The van der Waals surface area contributed by atoms with Crippen molar-refractivity contribution in [2.45, 2.75) is 57.3 Å². The fourth-order valence-electron chi connectivity index (χ4n) is 2.04. The summed E-state index contributed by atoms with van der Waals surface area (Å²) in [5.41, 5.74) is 1.49. The van der Waals surface area contributed by atoms with E-state index in [2.05, 4.69) is 46.3 Å². The van der Waals surface area contributed by atoms with Gasteiger partial charge in [-0.3, -0.25) is 4.79 Å². The first kappa shape index (κ1) is 17.9. The molecule has 0 spiro atoms. The molecule has 0 saturated heterocycles. The second kappa shape index (κ2) is 6.30. The van der Waals surface area contributed by atoms with Crippen LogP contribution < -0.4 is 0 Å². The van der Waals surface area contributed by atoms with Crippen LogP contribution in [0.2, 0.25) is 0 Å². The number of phenols is 1. The maximum atomic E-state index is 11.3. The zero-order valence-corrected chi connectivity index (χ0v) is 14.9. The Morgan fingerprint density at radius 1 is 1.10 bits per heavy atom. The van der Waals surface area contributed by atoms with Crippen molar-refractivity contribution >= 4 is 17.7 Å². The Morgan fingerprint density at radius 3 is 1.86 bits per heavy atom. The maximum absolute atomic E-state index is 11.3. The summed E-state index contributed by atoms with van der Waals surface area (Å²) in [7, 11) is 1.39. The number of carbonyl (C=O) groups is 1. The van der Waals surface area contributed by atoms with Crippen LogP contribution in [0.25, 0.3) is 0 Å². The van der Waals surface area contributed by atoms with Gasteiger partial charge in [0, 0.05) is 16.0 Å². The lowest BCUT2D eigenvalue weighted by atomic mass is 9.79. The molecule has 1 aromatic rings. The molecule has 0 radical (unpaired) electrons. The molecule has 0 atom stereocenters. The highest BCUT2D eigenvalue weighted by Gasteiger charge is 2.26. The van der Waals surface area contributed by atoms with Crippen molar-refractivity contribution in [2.75, 3.05) is 12.9 Å². The second-order valence-electron chi connectivity index (χ2n) is 7.23. The van der Waals surface area contributed by atoms with Gasteiger partial charge in [0.15, 0.2) is 0 Å². The summed E-state index contributed by atoms with van der Waals surface area (Å²) in [6.07, 6.45) is 0. The Bertz CT molecular complexity index is 487. The summed E-state index contributed by atoms with van der Waals surface area (Å²) < 4.78 is 4.68. The summed E-state index contributed by atoms with van der Waals surface area (Å²) >= 11 is 1.44. The first-order valence-electron chi connectivity index (χ1n) is 7.04. The molecule has 0 fully saturated rings. The number of phenolic OH excluding ortho intramolecular Hbond substituents is 1. The van der Waals surface area contributed by atoms with Crippen LogP contribution in [0.3, 0.4) is 0 Å². The lowest BCUT2D eigenvalue weighted by Gasteiger charge is -2.28. The smallest absolute Gasteiger partial charge is 0.315 e. The van der Waals surface area contributed by atoms with E-state index in [1.54, 1.807) is 0 Å². The first-order chi connectivity index (χ1) is 9.46. The zero-order chi connectivity index (χ0) is 16.4. The van der Waals surface area contributed by atoms with Crippen LogP contribution >= 0.6 is 11.8 Å². The first-order valence-corrected chi connectivity index (χ1v) is 8.03. The minimum Gasteiger partial charge on any atom is -0.507 e. The lowest BCUT2D eigenvalue weighted by molar-refractivity contribution is -0.137. The van der Waals surface area contributed by atoms with Crippen molar-refractivity contribution < 1.29 is 14.6 Å². The molecule has 4 heteroatoms. The van der Waals surface area contributed by atoms with Gasteiger partial charge >= 0.3 is 5.97 Å². The molecular formula is C17H26O3S. The van der Waals surface area contributed by atoms with E-state index in [0.717, 1.165) is 16.0 Å². The largest absolute Gasteiger partial charge is 0.507 e. The molecule has 0 saturated carbocycles. The minimum absolute atomic E-state index is 0.161. The van der Waals surface area contributed by atoms with Crippen molar-refractivity contribution in [3.05, 3.63) is 23.3 Å². The van der Waals surface area contributed by atoms with Gasteiger partial charge in [-0.1, -0.05) is 41.5 Å². The third kappa shape index (κ3) is 4.67. The average Bonchev–Trinajstić information content (AvgIpc) is 2.34. The number of carbonyl (C=O) groups excluding carboxylic acids is 1. The maximum Gasteiger partial charge on any atom is 0.315 e. The van der Waals surface area contributed by atoms with Crippen molar-refractivity contribution in [2.24, 2.45) is 0 Å². The number of hydrogen-bond donors (Lipinski definition) is 1. The monoisotopic (exact) mass is 310 g/mol. The number of aromatic hydroxyl groups is 1. The van der Waals surface area contributed by atoms with Gasteiger partial charge in [-0.2, -0.15) is 0 Å². The van der Waals surface area contributed by atoms with Gasteiger partial charge in [-0.15, -0.1) is 11.8 Å². The van der Waals surface area contributed by atoms with Crippen molar-refractivity contribution in [1.82, 2.24) is 0 Å². The van der Waals surface area contributed by atoms with Gasteiger partial charge in [-0.05, 0) is 23.0 Å². The van der Waals surface area contributed by atoms with Crippen LogP contribution in [0.5, 0.6) is 5.75 Å². The zero-order valence-electron chi connectivity index (χ0n) is 14.0. The van der Waals surface area contributed by atoms with E-state index in [-0.39, 0.29) is 22.6 Å². The van der Waals surface area contributed by atoms with Gasteiger partial charge in [0.25, 0.3) is 0 Å². The summed E-state index contributed by atoms with van der Waals surface area (Å²) in [5.74, 6) is 0.383. The molecule has 1 aromatic carbocycles. The average molecular weight is 310 g/mol. The van der Waals surface area contributed by atoms with E-state index in [9.17, 15) is 9.90 Å². The van der Waals surface area contributed by atoms with Crippen molar-refractivity contribution in [1.29, 1.82) is 0 Å². The highest BCUT2D eigenvalue weighted by molar-refractivity contribution is 8.00. The Kier molecular flexibility index (Phi) is 5.37. The molecular weight excluding hydrogens is 284 g/mol. The third-order valence-corrected chi connectivity index (χ3v) is 4.23. The van der Waals surface area contributed by atoms with Crippen LogP contribution in [-0.2, 0) is 20.4 Å². The Balaban J connectivity index is 3.31. The predicted octanol–water partition coefficient (Wildman–Crippen LogP) is 4.25. The number of ether oxygens (including phenoxy) is 1. The molecule has 3 nitrogen and oxygen atoms in total. The second-order valence-corrected chi connectivity index (χ2v) is 8.28. The van der Waals surface area contributed by atoms with E-state index >= 15 is 0 Å². The fourth-order valence-corrected chi connectivity index (χ4v) is 2.84. The van der Waals surface area contributed by atoms with E-state index in [1.165, 1.54) is 18.9 Å². The molecule has 118 valence electrons. The molecule has 1 rings (SSSR count). The number of methoxy groups -OCH3 is 1. The number of rotatable bonds is 3. The Morgan fingerprint density at radius 2 is 1.52 bits per heavy atom. The summed E-state index contributed by atoms with van der Waals surface area (Å²) in [4.78, 5) is 12.3. The summed E-state index contributed by atoms with van der Waals surface area (Å²) in [5, 5.41) is 10.6. The van der Waals surface area contributed by atoms with Gasteiger partial charge in [0.1, 0.15) is 5.75 Å². The molecule has 0 aliphatic rings. The van der Waals surface area contributed by atoms with Gasteiger partial charge < -0.3 is 9.84 Å². The van der Waals surface area contributed by atoms with Gasteiger partial charge in [-0.25, -0.2) is 0 Å². The fraction of sp³-hybridized carbons (Fsp3) is 0.588. The highest BCUT2D eigenvalue weighted by atomic mass is 32.2. The summed E-state index contributed by atoms with van der Waals surface area (Å²) in [6.45, 7) is 12.4. The number of esters is 1. The van der Waals surface area contributed by atoms with Crippen molar-refractivity contribution in [3.8, 4) is 5.75 Å². The van der Waals surface area contributed by atoms with Gasteiger partial charge in [0.05, 0.1) is 12.9 Å². The Labute approximate surface area is 132 Å². The molecule has 21 heavy (non-hydrogen) atoms. The SMILES string of the molecule is COC(=O)CSc1cc(C(C)(C)C)c(O)c(C(C)(C)C)c1. The standard InChI is InChI=1S/C17H26O3S/c1-16(2,3)12-8-11(21-10-14(18)20-7)9-13(15(12)19)17(4,5)6/h8-9,19H,10H2,1-7H3. The third-order valence-electron chi connectivity index (χ3n) is 3.28. The van der Waals surface area contributed by atoms with Gasteiger partial charge in [0.2, 0.25) is 0 Å². The molecule has 0 bridgehead atoms. The van der Waals surface area contributed by atoms with Crippen LogP contribution in [0, 0.1) is 0 Å². The lowest BCUT2D eigenvalue weighted by Crippen LogP contribution is -2.17. The topological polar surface area (TPSA) is 46.5 Å². The van der Waals surface area contributed by atoms with E-state index in [0.29, 0.717) is 5.75 Å². The molecule has 0 heterocycles. The molecule has 0 aliphatic heterocycles. The van der Waals surface area contributed by atoms with E-state index in [1.807, 2.05) is 12.1 Å². The molecule has 0 unspecified atom stereocenters. The molecule has 0 aliphatic carbocycles.